The summed E-state index contributed by atoms with van der Waals surface area (Å²) in [5, 5.41) is 6.30. The molecule has 1 fully saturated rings. The van der Waals surface area contributed by atoms with Crippen molar-refractivity contribution in [2.75, 3.05) is 25.0 Å². The molecule has 37 heavy (non-hydrogen) atoms. The van der Waals surface area contributed by atoms with Crippen LogP contribution < -0.4 is 5.32 Å². The minimum Gasteiger partial charge on any atom is -0.320 e. The Morgan fingerprint density at radius 1 is 1.11 bits per heavy atom. The lowest BCUT2D eigenvalue weighted by Gasteiger charge is -2.30. The van der Waals surface area contributed by atoms with Crippen molar-refractivity contribution in [3.05, 3.63) is 106 Å². The van der Waals surface area contributed by atoms with Crippen LogP contribution in [-0.2, 0) is 0 Å². The van der Waals surface area contributed by atoms with Gasteiger partial charge in [-0.05, 0) is 79.5 Å². The van der Waals surface area contributed by atoms with Gasteiger partial charge < -0.3 is 5.32 Å². The lowest BCUT2D eigenvalue weighted by molar-refractivity contribution is 0.102. The van der Waals surface area contributed by atoms with E-state index in [-0.39, 0.29) is 11.7 Å². The Bertz CT molecular complexity index is 1380. The van der Waals surface area contributed by atoms with Gasteiger partial charge in [0.1, 0.15) is 11.5 Å². The number of halogens is 2. The minimum absolute atomic E-state index is 0.303. The summed E-state index contributed by atoms with van der Waals surface area (Å²) >= 11 is 7.53. The molecule has 0 aliphatic carbocycles. The molecule has 2 aromatic carbocycles. The molecule has 0 bridgehead atoms. The third kappa shape index (κ3) is 6.49. The maximum atomic E-state index is 14.0. The smallest absolute Gasteiger partial charge is 0.275 e. The van der Waals surface area contributed by atoms with Crippen molar-refractivity contribution in [2.45, 2.75) is 18.8 Å². The summed E-state index contributed by atoms with van der Waals surface area (Å²) in [4.78, 5) is 24.2. The fourth-order valence-corrected chi connectivity index (χ4v) is 5.53. The molecular formula is C29H26ClFN4OS. The van der Waals surface area contributed by atoms with E-state index in [1.165, 1.54) is 23.5 Å². The molecule has 1 saturated heterocycles. The summed E-state index contributed by atoms with van der Waals surface area (Å²) in [6, 6.07) is 15.4. The molecule has 5 rings (SSSR count). The highest BCUT2D eigenvalue weighted by Crippen LogP contribution is 2.32. The van der Waals surface area contributed by atoms with Crippen molar-refractivity contribution in [1.29, 1.82) is 0 Å². The van der Waals surface area contributed by atoms with E-state index >= 15 is 0 Å². The lowest BCUT2D eigenvalue weighted by atomic mass is 9.97. The zero-order chi connectivity index (χ0) is 25.6. The maximum absolute atomic E-state index is 14.0. The third-order valence-corrected chi connectivity index (χ3v) is 7.72. The van der Waals surface area contributed by atoms with Crippen molar-refractivity contribution in [1.82, 2.24) is 14.9 Å². The van der Waals surface area contributed by atoms with Gasteiger partial charge in [-0.1, -0.05) is 35.9 Å². The summed E-state index contributed by atoms with van der Waals surface area (Å²) in [7, 11) is 0. The number of pyridine rings is 1. The topological polar surface area (TPSA) is 58.1 Å². The van der Waals surface area contributed by atoms with E-state index in [2.05, 4.69) is 32.3 Å². The Hall–Kier alpha value is -3.39. The largest absolute Gasteiger partial charge is 0.320 e. The van der Waals surface area contributed by atoms with Gasteiger partial charge in [-0.15, -0.1) is 11.3 Å². The number of hydrogen-bond donors (Lipinski definition) is 1. The molecule has 5 nitrogen and oxygen atoms in total. The molecule has 0 saturated carbocycles. The molecule has 1 amide bonds. The maximum Gasteiger partial charge on any atom is 0.275 e. The Morgan fingerprint density at radius 3 is 2.62 bits per heavy atom. The molecular weight excluding hydrogens is 507 g/mol. The molecule has 1 aliphatic heterocycles. The van der Waals surface area contributed by atoms with Gasteiger partial charge in [-0.25, -0.2) is 9.37 Å². The Labute approximate surface area is 224 Å². The van der Waals surface area contributed by atoms with Crippen LogP contribution in [0.2, 0.25) is 5.02 Å². The summed E-state index contributed by atoms with van der Waals surface area (Å²) in [6.07, 6.45) is 9.93. The number of aromatic nitrogens is 2. The molecule has 2 aromatic heterocycles. The molecule has 3 heterocycles. The minimum atomic E-state index is -0.377. The van der Waals surface area contributed by atoms with Crippen LogP contribution in [0.5, 0.6) is 0 Å². The van der Waals surface area contributed by atoms with Gasteiger partial charge in [-0.3, -0.25) is 14.7 Å². The summed E-state index contributed by atoms with van der Waals surface area (Å²) in [5.41, 5.74) is 3.41. The van der Waals surface area contributed by atoms with E-state index in [0.717, 1.165) is 48.6 Å². The quantitative estimate of drug-likeness (QED) is 0.275. The second-order valence-corrected chi connectivity index (χ2v) is 10.3. The number of nitrogens with zero attached hydrogens (tertiary/aromatic N) is 3. The summed E-state index contributed by atoms with van der Waals surface area (Å²) < 4.78 is 14.0. The van der Waals surface area contributed by atoms with Gasteiger partial charge in [0.05, 0.1) is 5.01 Å². The van der Waals surface area contributed by atoms with E-state index < -0.39 is 0 Å². The molecule has 1 N–H and O–H groups in total. The zero-order valence-corrected chi connectivity index (χ0v) is 21.7. The SMILES string of the molecule is O=C(Nc1ccc(F)cc1-c1ccc(Cl)cc1)c1csc(C2CCN(C/C=C\c3ccncc3)CC2)n1. The van der Waals surface area contributed by atoms with Gasteiger partial charge >= 0.3 is 0 Å². The van der Waals surface area contributed by atoms with Crippen LogP contribution in [0.1, 0.15) is 39.8 Å². The van der Waals surface area contributed by atoms with E-state index in [4.69, 9.17) is 11.6 Å². The van der Waals surface area contributed by atoms with Crippen molar-refractivity contribution in [3.8, 4) is 11.1 Å². The van der Waals surface area contributed by atoms with Crippen LogP contribution in [-0.4, -0.2) is 40.4 Å². The number of piperidine rings is 1. The average molecular weight is 533 g/mol. The molecule has 0 radical (unpaired) electrons. The number of hydrogen-bond acceptors (Lipinski definition) is 5. The molecule has 0 unspecified atom stereocenters. The molecule has 8 heteroatoms. The zero-order valence-electron chi connectivity index (χ0n) is 20.1. The van der Waals surface area contributed by atoms with Crippen LogP contribution in [0.15, 0.2) is 78.4 Å². The molecule has 0 atom stereocenters. The van der Waals surface area contributed by atoms with Crippen LogP contribution in [0.25, 0.3) is 17.2 Å². The van der Waals surface area contributed by atoms with Crippen LogP contribution >= 0.6 is 22.9 Å². The van der Waals surface area contributed by atoms with Crippen LogP contribution in [0.4, 0.5) is 10.1 Å². The Balaban J connectivity index is 1.19. The highest BCUT2D eigenvalue weighted by Gasteiger charge is 2.24. The number of likely N-dealkylation sites (tertiary alicyclic amines) is 1. The summed E-state index contributed by atoms with van der Waals surface area (Å²) in [5.74, 6) is -0.330. The van der Waals surface area contributed by atoms with Gasteiger partial charge in [0.2, 0.25) is 0 Å². The highest BCUT2D eigenvalue weighted by atomic mass is 35.5. The molecule has 4 aromatic rings. The second-order valence-electron chi connectivity index (χ2n) is 8.98. The first-order valence-corrected chi connectivity index (χ1v) is 13.4. The van der Waals surface area contributed by atoms with Crippen molar-refractivity contribution in [2.24, 2.45) is 0 Å². The average Bonchev–Trinajstić information content (AvgIpc) is 3.42. The standard InChI is InChI=1S/C29H26ClFN4OS/c30-23-5-3-21(4-6-23)25-18-24(31)7-8-26(25)33-28(36)27-19-37-29(34-27)22-11-16-35(17-12-22)15-1-2-20-9-13-32-14-10-20/h1-10,13-14,18-19,22H,11-12,15-17H2,(H,33,36)/b2-1-. The molecule has 188 valence electrons. The first kappa shape index (κ1) is 25.3. The first-order valence-electron chi connectivity index (χ1n) is 12.2. The van der Waals surface area contributed by atoms with Crippen molar-refractivity contribution < 1.29 is 9.18 Å². The highest BCUT2D eigenvalue weighted by molar-refractivity contribution is 7.10. The number of carbonyl (C=O) groups excluding carboxylic acids is 1. The molecule has 0 spiro atoms. The Kier molecular flexibility index (Phi) is 8.04. The van der Waals surface area contributed by atoms with Gasteiger partial charge in [-0.2, -0.15) is 0 Å². The van der Waals surface area contributed by atoms with Gasteiger partial charge in [0.25, 0.3) is 5.91 Å². The van der Waals surface area contributed by atoms with E-state index in [1.54, 1.807) is 48.1 Å². The predicted molar refractivity (Wildman–Crippen MR) is 149 cm³/mol. The first-order chi connectivity index (χ1) is 18.0. The third-order valence-electron chi connectivity index (χ3n) is 6.46. The normalized spacial score (nSPS) is 14.8. The summed E-state index contributed by atoms with van der Waals surface area (Å²) in [6.45, 7) is 2.90. The van der Waals surface area contributed by atoms with E-state index in [1.807, 2.05) is 12.1 Å². The van der Waals surface area contributed by atoms with E-state index in [0.29, 0.717) is 27.9 Å². The van der Waals surface area contributed by atoms with Crippen molar-refractivity contribution >= 4 is 40.6 Å². The number of carbonyl (C=O) groups is 1. The Morgan fingerprint density at radius 2 is 1.86 bits per heavy atom. The fourth-order valence-electron chi connectivity index (χ4n) is 4.43. The number of thiazole rings is 1. The number of rotatable bonds is 7. The fraction of sp³-hybridized carbons (Fsp3) is 0.207. The van der Waals surface area contributed by atoms with E-state index in [9.17, 15) is 9.18 Å². The number of amides is 1. The van der Waals surface area contributed by atoms with Gasteiger partial charge in [0.15, 0.2) is 0 Å². The van der Waals surface area contributed by atoms with Crippen LogP contribution in [0, 0.1) is 5.82 Å². The lowest BCUT2D eigenvalue weighted by Crippen LogP contribution is -2.33. The van der Waals surface area contributed by atoms with Gasteiger partial charge in [0, 0.05) is 46.5 Å². The monoisotopic (exact) mass is 532 g/mol. The van der Waals surface area contributed by atoms with Crippen LogP contribution in [0.3, 0.4) is 0 Å². The number of nitrogens with one attached hydrogen (secondary N) is 1. The predicted octanol–water partition coefficient (Wildman–Crippen LogP) is 7.14. The number of anilines is 1. The van der Waals surface area contributed by atoms with Crippen molar-refractivity contribution in [3.63, 3.8) is 0 Å². The number of benzene rings is 2. The molecule has 1 aliphatic rings. The second kappa shape index (κ2) is 11.8.